The van der Waals surface area contributed by atoms with E-state index in [1.165, 1.54) is 14.2 Å². The van der Waals surface area contributed by atoms with E-state index in [2.05, 4.69) is 0 Å². The van der Waals surface area contributed by atoms with Gasteiger partial charge in [-0.2, -0.15) is 0 Å². The molecule has 1 aromatic carbocycles. The standard InChI is InChI=1S/C12H17NO5S/c1-4-9(14)19-8-6-5-7(17-2)11(18-3)10(8)12(15)13-16/h5-6,9,14,16H,4H2,1-3H3,(H,13,15). The molecule has 1 unspecified atom stereocenters. The summed E-state index contributed by atoms with van der Waals surface area (Å²) in [6.07, 6.45) is 0.527. The monoisotopic (exact) mass is 287 g/mol. The summed E-state index contributed by atoms with van der Waals surface area (Å²) >= 11 is 1.11. The molecule has 0 saturated carbocycles. The fourth-order valence-corrected chi connectivity index (χ4v) is 2.42. The van der Waals surface area contributed by atoms with Crippen LogP contribution in [0, 0.1) is 0 Å². The van der Waals surface area contributed by atoms with Gasteiger partial charge in [0.05, 0.1) is 14.2 Å². The van der Waals surface area contributed by atoms with E-state index in [0.29, 0.717) is 17.1 Å². The molecule has 106 valence electrons. The highest BCUT2D eigenvalue weighted by Crippen LogP contribution is 2.39. The minimum absolute atomic E-state index is 0.127. The smallest absolute Gasteiger partial charge is 0.279 e. The molecule has 0 aliphatic heterocycles. The van der Waals surface area contributed by atoms with Crippen LogP contribution in [-0.2, 0) is 0 Å². The highest BCUT2D eigenvalue weighted by atomic mass is 32.2. The molecular formula is C12H17NO5S. The Morgan fingerprint density at radius 1 is 1.42 bits per heavy atom. The van der Waals surface area contributed by atoms with Gasteiger partial charge in [-0.05, 0) is 18.6 Å². The number of ether oxygens (including phenoxy) is 2. The molecule has 1 rings (SSSR count). The summed E-state index contributed by atoms with van der Waals surface area (Å²) in [5.74, 6) is -0.139. The topological polar surface area (TPSA) is 88.0 Å². The molecule has 0 aliphatic rings. The summed E-state index contributed by atoms with van der Waals surface area (Å²) in [5.41, 5.74) is 1.05. The van der Waals surface area contributed by atoms with Crippen LogP contribution in [0.3, 0.4) is 0 Å². The van der Waals surface area contributed by atoms with Crippen LogP contribution in [-0.4, -0.2) is 35.9 Å². The summed E-state index contributed by atoms with van der Waals surface area (Å²) in [7, 11) is 2.85. The second-order valence-electron chi connectivity index (χ2n) is 3.60. The molecule has 0 spiro atoms. The summed E-state index contributed by atoms with van der Waals surface area (Å²) in [5, 5.41) is 18.5. The van der Waals surface area contributed by atoms with Gasteiger partial charge >= 0.3 is 0 Å². The van der Waals surface area contributed by atoms with Crippen LogP contribution < -0.4 is 15.0 Å². The highest BCUT2D eigenvalue weighted by Gasteiger charge is 2.22. The number of rotatable bonds is 6. The number of hydrogen-bond donors (Lipinski definition) is 3. The minimum Gasteiger partial charge on any atom is -0.493 e. The molecule has 0 saturated heterocycles. The number of benzene rings is 1. The maximum Gasteiger partial charge on any atom is 0.279 e. The second-order valence-corrected chi connectivity index (χ2v) is 4.82. The van der Waals surface area contributed by atoms with Gasteiger partial charge in [0.25, 0.3) is 5.91 Å². The molecule has 19 heavy (non-hydrogen) atoms. The van der Waals surface area contributed by atoms with Gasteiger partial charge in [0.15, 0.2) is 11.5 Å². The fourth-order valence-electron chi connectivity index (χ4n) is 1.51. The lowest BCUT2D eigenvalue weighted by Crippen LogP contribution is -2.21. The third-order valence-corrected chi connectivity index (χ3v) is 3.65. The van der Waals surface area contributed by atoms with E-state index >= 15 is 0 Å². The van der Waals surface area contributed by atoms with Crippen molar-refractivity contribution < 1.29 is 24.6 Å². The molecule has 0 fully saturated rings. The quantitative estimate of drug-likeness (QED) is 0.319. The maximum atomic E-state index is 11.8. The number of aliphatic hydroxyl groups excluding tert-OH is 1. The lowest BCUT2D eigenvalue weighted by molar-refractivity contribution is 0.0699. The Bertz CT molecular complexity index is 452. The number of amides is 1. The van der Waals surface area contributed by atoms with Crippen LogP contribution in [0.15, 0.2) is 17.0 Å². The molecule has 0 bridgehead atoms. The van der Waals surface area contributed by atoms with Crippen LogP contribution in [0.1, 0.15) is 23.7 Å². The number of carbonyl (C=O) groups excluding carboxylic acids is 1. The van der Waals surface area contributed by atoms with Crippen molar-refractivity contribution in [1.29, 1.82) is 0 Å². The average molecular weight is 287 g/mol. The Kier molecular flexibility index (Phi) is 5.94. The number of hydroxylamine groups is 1. The molecule has 0 radical (unpaired) electrons. The van der Waals surface area contributed by atoms with Gasteiger partial charge in [0.1, 0.15) is 11.0 Å². The molecule has 7 heteroatoms. The Morgan fingerprint density at radius 2 is 2.11 bits per heavy atom. The molecule has 1 aromatic rings. The zero-order chi connectivity index (χ0) is 14.4. The zero-order valence-electron chi connectivity index (χ0n) is 11.0. The highest BCUT2D eigenvalue weighted by molar-refractivity contribution is 7.99. The van der Waals surface area contributed by atoms with Crippen molar-refractivity contribution in [2.45, 2.75) is 23.7 Å². The third-order valence-electron chi connectivity index (χ3n) is 2.45. The maximum absolute atomic E-state index is 11.8. The Labute approximate surface area is 115 Å². The van der Waals surface area contributed by atoms with Crippen LogP contribution in [0.4, 0.5) is 0 Å². The van der Waals surface area contributed by atoms with E-state index in [9.17, 15) is 9.90 Å². The normalized spacial score (nSPS) is 11.8. The van der Waals surface area contributed by atoms with Crippen LogP contribution in [0.2, 0.25) is 0 Å². The number of carbonyl (C=O) groups is 1. The van der Waals surface area contributed by atoms with Gasteiger partial charge in [-0.25, -0.2) is 5.48 Å². The molecule has 0 heterocycles. The van der Waals surface area contributed by atoms with Gasteiger partial charge in [-0.3, -0.25) is 10.0 Å². The second kappa shape index (κ2) is 7.22. The first-order chi connectivity index (χ1) is 9.08. The summed E-state index contributed by atoms with van der Waals surface area (Å²) in [6.45, 7) is 1.82. The van der Waals surface area contributed by atoms with Crippen molar-refractivity contribution in [2.24, 2.45) is 0 Å². The third kappa shape index (κ3) is 3.52. The number of methoxy groups -OCH3 is 2. The SMILES string of the molecule is CCC(O)Sc1ccc(OC)c(OC)c1C(=O)NO. The van der Waals surface area contributed by atoms with E-state index < -0.39 is 11.3 Å². The van der Waals surface area contributed by atoms with Gasteiger partial charge in [0, 0.05) is 4.90 Å². The molecule has 0 aromatic heterocycles. The van der Waals surface area contributed by atoms with E-state index in [4.69, 9.17) is 14.7 Å². The van der Waals surface area contributed by atoms with Crippen molar-refractivity contribution >= 4 is 17.7 Å². The van der Waals surface area contributed by atoms with Gasteiger partial charge in [0.2, 0.25) is 0 Å². The number of thioether (sulfide) groups is 1. The summed E-state index contributed by atoms with van der Waals surface area (Å²) in [4.78, 5) is 12.3. The molecule has 6 nitrogen and oxygen atoms in total. The largest absolute Gasteiger partial charge is 0.493 e. The fraction of sp³-hybridized carbons (Fsp3) is 0.417. The van der Waals surface area contributed by atoms with Gasteiger partial charge in [-0.15, -0.1) is 0 Å². The predicted molar refractivity (Wildman–Crippen MR) is 71.0 cm³/mol. The Hall–Kier alpha value is -1.44. The van der Waals surface area contributed by atoms with Crippen LogP contribution >= 0.6 is 11.8 Å². The van der Waals surface area contributed by atoms with Crippen molar-refractivity contribution in [3.05, 3.63) is 17.7 Å². The van der Waals surface area contributed by atoms with Crippen molar-refractivity contribution in [3.8, 4) is 11.5 Å². The number of nitrogens with one attached hydrogen (secondary N) is 1. The van der Waals surface area contributed by atoms with Crippen molar-refractivity contribution in [2.75, 3.05) is 14.2 Å². The summed E-state index contributed by atoms with van der Waals surface area (Å²) in [6, 6.07) is 3.27. The van der Waals surface area contributed by atoms with Gasteiger partial charge < -0.3 is 14.6 Å². The number of aliphatic hydroxyl groups is 1. The minimum atomic E-state index is -0.721. The van der Waals surface area contributed by atoms with E-state index in [-0.39, 0.29) is 11.3 Å². The van der Waals surface area contributed by atoms with Crippen molar-refractivity contribution in [1.82, 2.24) is 5.48 Å². The van der Waals surface area contributed by atoms with Crippen LogP contribution in [0.25, 0.3) is 0 Å². The molecule has 0 aliphatic carbocycles. The molecule has 1 amide bonds. The molecule has 3 N–H and O–H groups in total. The Balaban J connectivity index is 3.33. The Morgan fingerprint density at radius 3 is 2.58 bits per heavy atom. The van der Waals surface area contributed by atoms with Crippen LogP contribution in [0.5, 0.6) is 11.5 Å². The van der Waals surface area contributed by atoms with Crippen molar-refractivity contribution in [3.63, 3.8) is 0 Å². The lowest BCUT2D eigenvalue weighted by Gasteiger charge is -2.16. The first-order valence-electron chi connectivity index (χ1n) is 5.63. The predicted octanol–water partition coefficient (Wildman–Crippen LogP) is 1.64. The lowest BCUT2D eigenvalue weighted by atomic mass is 10.1. The zero-order valence-corrected chi connectivity index (χ0v) is 11.8. The summed E-state index contributed by atoms with van der Waals surface area (Å²) < 4.78 is 10.3. The first kappa shape index (κ1) is 15.6. The molecular weight excluding hydrogens is 270 g/mol. The van der Waals surface area contributed by atoms with E-state index in [1.54, 1.807) is 17.6 Å². The number of hydrogen-bond acceptors (Lipinski definition) is 6. The molecule has 1 atom stereocenters. The average Bonchev–Trinajstić information content (AvgIpc) is 2.45. The van der Waals surface area contributed by atoms with Gasteiger partial charge in [-0.1, -0.05) is 18.7 Å². The first-order valence-corrected chi connectivity index (χ1v) is 6.51. The van der Waals surface area contributed by atoms with E-state index in [1.807, 2.05) is 6.92 Å². The van der Waals surface area contributed by atoms with E-state index in [0.717, 1.165) is 11.8 Å².